The van der Waals surface area contributed by atoms with Gasteiger partial charge in [-0.05, 0) is 30.5 Å². The summed E-state index contributed by atoms with van der Waals surface area (Å²) >= 11 is 0. The molecule has 1 saturated carbocycles. The quantitative estimate of drug-likeness (QED) is 0.446. The molecule has 0 spiro atoms. The van der Waals surface area contributed by atoms with Crippen LogP contribution in [0.4, 0.5) is 17.6 Å². The summed E-state index contributed by atoms with van der Waals surface area (Å²) in [5.41, 5.74) is 4.57. The van der Waals surface area contributed by atoms with Gasteiger partial charge in [0.1, 0.15) is 17.9 Å². The number of amides is 1. The van der Waals surface area contributed by atoms with Gasteiger partial charge in [-0.25, -0.2) is 12.8 Å². The van der Waals surface area contributed by atoms with E-state index in [-0.39, 0.29) is 38.4 Å². The average molecular weight is 483 g/mol. The van der Waals surface area contributed by atoms with E-state index in [0.717, 1.165) is 28.6 Å². The van der Waals surface area contributed by atoms with Crippen molar-refractivity contribution >= 4 is 15.9 Å². The Morgan fingerprint density at radius 2 is 1.78 bits per heavy atom. The Labute approximate surface area is 183 Å². The van der Waals surface area contributed by atoms with E-state index in [1.54, 1.807) is 0 Å². The molecule has 2 fully saturated rings. The van der Waals surface area contributed by atoms with Gasteiger partial charge in [0.25, 0.3) is 0 Å². The van der Waals surface area contributed by atoms with E-state index in [9.17, 15) is 30.8 Å². The van der Waals surface area contributed by atoms with Crippen molar-refractivity contribution in [2.24, 2.45) is 5.73 Å². The van der Waals surface area contributed by atoms with Crippen molar-refractivity contribution in [3.05, 3.63) is 35.6 Å². The van der Waals surface area contributed by atoms with E-state index in [1.165, 1.54) is 0 Å². The van der Waals surface area contributed by atoms with E-state index in [1.807, 2.05) is 0 Å². The summed E-state index contributed by atoms with van der Waals surface area (Å²) in [4.78, 5) is 12.9. The third-order valence-electron chi connectivity index (χ3n) is 5.59. The summed E-state index contributed by atoms with van der Waals surface area (Å²) in [6.45, 7) is 0.484. The lowest BCUT2D eigenvalue weighted by Crippen LogP contribution is -2.57. The first-order valence-electron chi connectivity index (χ1n) is 10.1. The van der Waals surface area contributed by atoms with Gasteiger partial charge >= 0.3 is 6.18 Å². The zero-order valence-corrected chi connectivity index (χ0v) is 18.0. The Hall–Kier alpha value is -1.80. The first kappa shape index (κ1) is 24.8. The van der Waals surface area contributed by atoms with Crippen LogP contribution in [0.3, 0.4) is 0 Å². The molecule has 1 aromatic carbocycles. The highest BCUT2D eigenvalue weighted by Gasteiger charge is 2.47. The van der Waals surface area contributed by atoms with Crippen LogP contribution in [0.15, 0.2) is 24.3 Å². The maximum absolute atomic E-state index is 13.8. The summed E-state index contributed by atoms with van der Waals surface area (Å²) in [5, 5.41) is 4.76. The fraction of sp³-hybridized carbons (Fsp3) is 0.632. The van der Waals surface area contributed by atoms with Gasteiger partial charge in [-0.15, -0.1) is 0 Å². The van der Waals surface area contributed by atoms with Crippen LogP contribution in [0.2, 0.25) is 0 Å². The molecule has 1 heterocycles. The van der Waals surface area contributed by atoms with Crippen molar-refractivity contribution in [3.63, 3.8) is 0 Å². The number of hydrogen-bond acceptors (Lipinski definition) is 6. The van der Waals surface area contributed by atoms with Gasteiger partial charge < -0.3 is 15.8 Å². The van der Waals surface area contributed by atoms with Gasteiger partial charge in [-0.2, -0.15) is 17.5 Å². The van der Waals surface area contributed by atoms with Crippen LogP contribution < -0.4 is 16.4 Å². The second kappa shape index (κ2) is 9.59. The zero-order chi connectivity index (χ0) is 23.6. The number of halogens is 4. The lowest BCUT2D eigenvalue weighted by Gasteiger charge is -2.31. The maximum atomic E-state index is 13.8. The number of carbonyl (C=O) groups excluding carboxylic acids is 1. The molecule has 0 bridgehead atoms. The maximum Gasteiger partial charge on any atom is 0.407 e. The highest BCUT2D eigenvalue weighted by atomic mass is 32.2. The Morgan fingerprint density at radius 3 is 2.28 bits per heavy atom. The molecule has 1 saturated heterocycles. The number of nitrogens with two attached hydrogens (primary N) is 1. The molecule has 180 valence electrons. The SMILES string of the molecule is NCC1(NC(=O)[C@H](CS(=O)(=O)N2CCOCC2)N[C@@H](c2ccc(F)cc2)C(F)(F)F)CC1. The number of benzene rings is 1. The standard InChI is InChI=1S/C19H26F4N4O4S/c20-14-3-1-13(2-4-14)16(19(21,22)23)25-15(17(28)26-18(12-24)5-6-18)11-32(29,30)27-7-9-31-10-8-27/h1-4,15-16,25H,5-12,24H2,(H,26,28)/t15-,16-/m0/s1. The van der Waals surface area contributed by atoms with Gasteiger partial charge in [0, 0.05) is 19.6 Å². The smallest absolute Gasteiger partial charge is 0.379 e. The van der Waals surface area contributed by atoms with E-state index in [2.05, 4.69) is 10.6 Å². The number of nitrogens with zero attached hydrogens (tertiary/aromatic N) is 1. The molecule has 3 rings (SSSR count). The topological polar surface area (TPSA) is 114 Å². The number of carbonyl (C=O) groups is 1. The predicted molar refractivity (Wildman–Crippen MR) is 107 cm³/mol. The summed E-state index contributed by atoms with van der Waals surface area (Å²) in [5.74, 6) is -2.49. The number of morpholine rings is 1. The molecular formula is C19H26F4N4O4S. The molecule has 8 nitrogen and oxygen atoms in total. The Kier molecular flexibility index (Phi) is 7.44. The summed E-state index contributed by atoms with van der Waals surface area (Å²) < 4.78 is 86.7. The van der Waals surface area contributed by atoms with Crippen molar-refractivity contribution in [2.75, 3.05) is 38.6 Å². The lowest BCUT2D eigenvalue weighted by molar-refractivity contribution is -0.160. The second-order valence-corrected chi connectivity index (χ2v) is 10.0. The fourth-order valence-corrected chi connectivity index (χ4v) is 5.04. The summed E-state index contributed by atoms with van der Waals surface area (Å²) in [6.07, 6.45) is -3.76. The molecular weight excluding hydrogens is 456 g/mol. The van der Waals surface area contributed by atoms with Crippen molar-refractivity contribution in [1.29, 1.82) is 0 Å². The van der Waals surface area contributed by atoms with Crippen molar-refractivity contribution in [2.45, 2.75) is 36.6 Å². The average Bonchev–Trinajstić information content (AvgIpc) is 3.51. The number of sulfonamides is 1. The highest BCUT2D eigenvalue weighted by Crippen LogP contribution is 2.35. The number of rotatable bonds is 9. The zero-order valence-electron chi connectivity index (χ0n) is 17.2. The molecule has 1 aliphatic heterocycles. The molecule has 32 heavy (non-hydrogen) atoms. The van der Waals surface area contributed by atoms with E-state index < -0.39 is 51.3 Å². The van der Waals surface area contributed by atoms with Crippen LogP contribution in [0, 0.1) is 5.82 Å². The van der Waals surface area contributed by atoms with Gasteiger partial charge in [-0.1, -0.05) is 12.1 Å². The van der Waals surface area contributed by atoms with Crippen LogP contribution in [-0.4, -0.2) is 75.0 Å². The molecule has 0 radical (unpaired) electrons. The Balaban J connectivity index is 1.87. The molecule has 2 atom stereocenters. The van der Waals surface area contributed by atoms with E-state index in [0.29, 0.717) is 12.8 Å². The third-order valence-corrected chi connectivity index (χ3v) is 7.49. The number of alkyl halides is 3. The molecule has 4 N–H and O–H groups in total. The molecule has 1 aliphatic carbocycles. The number of ether oxygens (including phenoxy) is 1. The van der Waals surface area contributed by atoms with Crippen LogP contribution in [0.25, 0.3) is 0 Å². The predicted octanol–water partition coefficient (Wildman–Crippen LogP) is 0.657. The first-order valence-corrected chi connectivity index (χ1v) is 11.7. The van der Waals surface area contributed by atoms with Gasteiger partial charge in [0.15, 0.2) is 0 Å². The second-order valence-electron chi connectivity index (χ2n) is 8.01. The van der Waals surface area contributed by atoms with Crippen LogP contribution in [-0.2, 0) is 19.6 Å². The number of nitrogens with one attached hydrogen (secondary N) is 2. The third kappa shape index (κ3) is 6.16. The van der Waals surface area contributed by atoms with Crippen molar-refractivity contribution < 1.29 is 35.5 Å². The molecule has 1 aromatic rings. The summed E-state index contributed by atoms with van der Waals surface area (Å²) in [7, 11) is -4.08. The minimum absolute atomic E-state index is 0.0457. The monoisotopic (exact) mass is 482 g/mol. The van der Waals surface area contributed by atoms with E-state index >= 15 is 0 Å². The Bertz CT molecular complexity index is 901. The molecule has 2 aliphatic rings. The summed E-state index contributed by atoms with van der Waals surface area (Å²) in [6, 6.07) is -0.496. The van der Waals surface area contributed by atoms with Gasteiger partial charge in [0.05, 0.1) is 24.5 Å². The molecule has 0 unspecified atom stereocenters. The van der Waals surface area contributed by atoms with Crippen molar-refractivity contribution in [3.8, 4) is 0 Å². The first-order chi connectivity index (χ1) is 15.0. The van der Waals surface area contributed by atoms with Crippen molar-refractivity contribution in [1.82, 2.24) is 14.9 Å². The minimum Gasteiger partial charge on any atom is -0.379 e. The van der Waals surface area contributed by atoms with Gasteiger partial charge in [0.2, 0.25) is 15.9 Å². The fourth-order valence-electron chi connectivity index (χ4n) is 3.46. The lowest BCUT2D eigenvalue weighted by atomic mass is 10.0. The van der Waals surface area contributed by atoms with Crippen LogP contribution in [0.1, 0.15) is 24.4 Å². The normalized spacial score (nSPS) is 21.0. The van der Waals surface area contributed by atoms with E-state index in [4.69, 9.17) is 10.5 Å². The number of hydrogen-bond donors (Lipinski definition) is 3. The largest absolute Gasteiger partial charge is 0.407 e. The van der Waals surface area contributed by atoms with Crippen LogP contribution >= 0.6 is 0 Å². The van der Waals surface area contributed by atoms with Gasteiger partial charge in [-0.3, -0.25) is 10.1 Å². The minimum atomic E-state index is -4.87. The molecule has 13 heteroatoms. The van der Waals surface area contributed by atoms with Crippen LogP contribution in [0.5, 0.6) is 0 Å². The molecule has 1 amide bonds. The molecule has 0 aromatic heterocycles. The highest BCUT2D eigenvalue weighted by molar-refractivity contribution is 7.89. The Morgan fingerprint density at radius 1 is 1.19 bits per heavy atom.